The predicted octanol–water partition coefficient (Wildman–Crippen LogP) is 2.46. The molecule has 1 N–H and O–H groups in total. The molecule has 1 aromatic carbocycles. The van der Waals surface area contributed by atoms with Crippen LogP contribution in [0.3, 0.4) is 0 Å². The Morgan fingerprint density at radius 1 is 1.48 bits per heavy atom. The van der Waals surface area contributed by atoms with Crippen molar-refractivity contribution in [2.45, 2.75) is 31.9 Å². The first-order chi connectivity index (χ1) is 9.92. The van der Waals surface area contributed by atoms with E-state index >= 15 is 0 Å². The Morgan fingerprint density at radius 2 is 2.19 bits per heavy atom. The van der Waals surface area contributed by atoms with Crippen LogP contribution in [-0.4, -0.2) is 47.7 Å². The van der Waals surface area contributed by atoms with E-state index in [-0.39, 0.29) is 24.5 Å². The minimum Gasteiger partial charge on any atom is -0.481 e. The van der Waals surface area contributed by atoms with Crippen LogP contribution in [0.15, 0.2) is 22.7 Å². The topological polar surface area (TPSA) is 66.8 Å². The minimum atomic E-state index is -0.901. The molecule has 0 bridgehead atoms. The largest absolute Gasteiger partial charge is 0.481 e. The summed E-state index contributed by atoms with van der Waals surface area (Å²) in [6.45, 7) is 2.30. The quantitative estimate of drug-likeness (QED) is 0.900. The van der Waals surface area contributed by atoms with Gasteiger partial charge in [-0.3, -0.25) is 9.59 Å². The predicted molar refractivity (Wildman–Crippen MR) is 81.4 cm³/mol. The van der Waals surface area contributed by atoms with Gasteiger partial charge in [0.1, 0.15) is 0 Å². The Labute approximate surface area is 132 Å². The van der Waals surface area contributed by atoms with Gasteiger partial charge in [-0.05, 0) is 37.1 Å². The lowest BCUT2D eigenvalue weighted by molar-refractivity contribution is -0.137. The van der Waals surface area contributed by atoms with Gasteiger partial charge in [-0.25, -0.2) is 0 Å². The van der Waals surface area contributed by atoms with E-state index in [4.69, 9.17) is 9.84 Å². The lowest BCUT2D eigenvalue weighted by atomic mass is 10.1. The number of halogens is 1. The van der Waals surface area contributed by atoms with Crippen LogP contribution in [-0.2, 0) is 9.53 Å². The number of hydrogen-bond acceptors (Lipinski definition) is 3. The van der Waals surface area contributed by atoms with E-state index in [0.717, 1.165) is 10.0 Å². The van der Waals surface area contributed by atoms with Crippen LogP contribution in [0.2, 0.25) is 0 Å². The SMILES string of the molecule is COC1CC(CC(=O)O)N(C(=O)c2ccc(Br)cc2C)C1. The van der Waals surface area contributed by atoms with E-state index in [1.807, 2.05) is 19.1 Å². The molecule has 1 aliphatic rings. The Hall–Kier alpha value is -1.40. The molecule has 21 heavy (non-hydrogen) atoms. The molecule has 0 aliphatic carbocycles. The first-order valence-corrected chi connectivity index (χ1v) is 7.53. The highest BCUT2D eigenvalue weighted by atomic mass is 79.9. The summed E-state index contributed by atoms with van der Waals surface area (Å²) in [6.07, 6.45) is 0.403. The van der Waals surface area contributed by atoms with Gasteiger partial charge in [0.25, 0.3) is 5.91 Å². The van der Waals surface area contributed by atoms with Gasteiger partial charge in [-0.2, -0.15) is 0 Å². The summed E-state index contributed by atoms with van der Waals surface area (Å²) in [7, 11) is 1.58. The molecule has 0 spiro atoms. The second kappa shape index (κ2) is 6.58. The number of nitrogens with zero attached hydrogens (tertiary/aromatic N) is 1. The summed E-state index contributed by atoms with van der Waals surface area (Å²) in [6, 6.07) is 5.14. The van der Waals surface area contributed by atoms with Crippen LogP contribution in [0.5, 0.6) is 0 Å². The van der Waals surface area contributed by atoms with E-state index in [9.17, 15) is 9.59 Å². The molecule has 0 radical (unpaired) electrons. The first-order valence-electron chi connectivity index (χ1n) is 6.74. The summed E-state index contributed by atoms with van der Waals surface area (Å²) in [5, 5.41) is 9.01. The van der Waals surface area contributed by atoms with Crippen molar-refractivity contribution in [3.05, 3.63) is 33.8 Å². The van der Waals surface area contributed by atoms with Crippen molar-refractivity contribution in [1.29, 1.82) is 0 Å². The van der Waals surface area contributed by atoms with Gasteiger partial charge in [0, 0.05) is 29.7 Å². The number of aliphatic carboxylic acids is 1. The zero-order valence-electron chi connectivity index (χ0n) is 12.0. The van der Waals surface area contributed by atoms with Crippen molar-refractivity contribution in [3.63, 3.8) is 0 Å². The number of aryl methyl sites for hydroxylation is 1. The van der Waals surface area contributed by atoms with Gasteiger partial charge in [-0.15, -0.1) is 0 Å². The van der Waals surface area contributed by atoms with Crippen molar-refractivity contribution in [2.24, 2.45) is 0 Å². The summed E-state index contributed by atoms with van der Waals surface area (Å²) < 4.78 is 6.21. The zero-order valence-corrected chi connectivity index (χ0v) is 13.6. The molecule has 1 amide bonds. The third-order valence-corrected chi connectivity index (χ3v) is 4.29. The Morgan fingerprint density at radius 3 is 2.76 bits per heavy atom. The van der Waals surface area contributed by atoms with E-state index in [2.05, 4.69) is 15.9 Å². The number of carboxylic acids is 1. The molecule has 1 aromatic rings. The Kier molecular flexibility index (Phi) is 5.00. The molecule has 2 rings (SSSR count). The molecular formula is C15H18BrNO4. The number of carboxylic acid groups (broad SMARTS) is 1. The van der Waals surface area contributed by atoms with Crippen LogP contribution < -0.4 is 0 Å². The lowest BCUT2D eigenvalue weighted by Gasteiger charge is -2.24. The fourth-order valence-electron chi connectivity index (χ4n) is 2.71. The average molecular weight is 356 g/mol. The van der Waals surface area contributed by atoms with Crippen molar-refractivity contribution in [1.82, 2.24) is 4.90 Å². The van der Waals surface area contributed by atoms with Gasteiger partial charge in [-0.1, -0.05) is 15.9 Å². The van der Waals surface area contributed by atoms with E-state index in [0.29, 0.717) is 18.5 Å². The minimum absolute atomic E-state index is 0.0544. The smallest absolute Gasteiger partial charge is 0.305 e. The first kappa shape index (κ1) is 16.0. The van der Waals surface area contributed by atoms with Gasteiger partial charge in [0.05, 0.1) is 12.5 Å². The monoisotopic (exact) mass is 355 g/mol. The number of carbonyl (C=O) groups is 2. The number of hydrogen-bond donors (Lipinski definition) is 1. The number of methoxy groups -OCH3 is 1. The molecule has 2 atom stereocenters. The summed E-state index contributed by atoms with van der Waals surface area (Å²) in [4.78, 5) is 25.3. The highest BCUT2D eigenvalue weighted by Crippen LogP contribution is 2.26. The Bertz CT molecular complexity index is 561. The normalized spacial score (nSPS) is 21.6. The van der Waals surface area contributed by atoms with Gasteiger partial charge in [0.15, 0.2) is 0 Å². The summed E-state index contributed by atoms with van der Waals surface area (Å²) >= 11 is 3.37. The van der Waals surface area contributed by atoms with Crippen molar-refractivity contribution in [2.75, 3.05) is 13.7 Å². The third-order valence-electron chi connectivity index (χ3n) is 3.80. The summed E-state index contributed by atoms with van der Waals surface area (Å²) in [5.74, 6) is -1.03. The molecule has 114 valence electrons. The van der Waals surface area contributed by atoms with Crippen LogP contribution in [0.4, 0.5) is 0 Å². The molecule has 1 heterocycles. The molecule has 5 nitrogen and oxygen atoms in total. The van der Waals surface area contributed by atoms with Crippen LogP contribution >= 0.6 is 15.9 Å². The third kappa shape index (κ3) is 3.63. The van der Waals surface area contributed by atoms with Crippen molar-refractivity contribution >= 4 is 27.8 Å². The molecule has 6 heteroatoms. The highest BCUT2D eigenvalue weighted by Gasteiger charge is 2.37. The molecule has 1 saturated heterocycles. The number of likely N-dealkylation sites (tertiary alicyclic amines) is 1. The van der Waals surface area contributed by atoms with Crippen LogP contribution in [0, 0.1) is 6.92 Å². The maximum atomic E-state index is 12.7. The maximum absolute atomic E-state index is 12.7. The molecule has 2 unspecified atom stereocenters. The van der Waals surface area contributed by atoms with Crippen molar-refractivity contribution < 1.29 is 19.4 Å². The number of carbonyl (C=O) groups excluding carboxylic acids is 1. The van der Waals surface area contributed by atoms with Crippen LogP contribution in [0.25, 0.3) is 0 Å². The Balaban J connectivity index is 2.24. The zero-order chi connectivity index (χ0) is 15.6. The molecule has 0 aromatic heterocycles. The lowest BCUT2D eigenvalue weighted by Crippen LogP contribution is -2.37. The van der Waals surface area contributed by atoms with Gasteiger partial charge >= 0.3 is 5.97 Å². The number of ether oxygens (including phenoxy) is 1. The highest BCUT2D eigenvalue weighted by molar-refractivity contribution is 9.10. The fraction of sp³-hybridized carbons (Fsp3) is 0.467. The maximum Gasteiger partial charge on any atom is 0.305 e. The van der Waals surface area contributed by atoms with Crippen LogP contribution in [0.1, 0.15) is 28.8 Å². The average Bonchev–Trinajstić information content (AvgIpc) is 2.80. The second-order valence-electron chi connectivity index (χ2n) is 5.26. The number of rotatable bonds is 4. The summed E-state index contributed by atoms with van der Waals surface area (Å²) in [5.41, 5.74) is 1.47. The van der Waals surface area contributed by atoms with E-state index in [1.165, 1.54) is 0 Å². The fourth-order valence-corrected chi connectivity index (χ4v) is 3.19. The molecule has 1 aliphatic heterocycles. The van der Waals surface area contributed by atoms with Crippen molar-refractivity contribution in [3.8, 4) is 0 Å². The molecular weight excluding hydrogens is 338 g/mol. The number of benzene rings is 1. The van der Waals surface area contributed by atoms with Gasteiger partial charge < -0.3 is 14.7 Å². The standard InChI is InChI=1S/C15H18BrNO4/c1-9-5-10(16)3-4-13(9)15(20)17-8-12(21-2)6-11(17)7-14(18)19/h3-5,11-12H,6-8H2,1-2H3,(H,18,19). The number of amides is 1. The molecule has 0 saturated carbocycles. The van der Waals surface area contributed by atoms with E-state index < -0.39 is 5.97 Å². The van der Waals surface area contributed by atoms with E-state index in [1.54, 1.807) is 18.1 Å². The van der Waals surface area contributed by atoms with Gasteiger partial charge in [0.2, 0.25) is 0 Å². The second-order valence-corrected chi connectivity index (χ2v) is 6.18. The molecule has 1 fully saturated rings.